The summed E-state index contributed by atoms with van der Waals surface area (Å²) >= 11 is 0. The van der Waals surface area contributed by atoms with Crippen LogP contribution in [0, 0.1) is 16.2 Å². The molecule has 72 valence electrons. The number of nitrogens with one attached hydrogen (secondary N) is 3. The normalized spacial score (nSPS) is 3.69. The topological polar surface area (TPSA) is 186 Å². The van der Waals surface area contributed by atoms with Crippen LogP contribution in [0.5, 0.6) is 0 Å². The Morgan fingerprint density at radius 2 is 1.00 bits per heavy atom. The molecular formula is C4H6N4O5. The Labute approximate surface area is 71.7 Å². The number of isocyanates is 3. The third-order valence-electron chi connectivity index (χ3n) is 0. The lowest BCUT2D eigenvalue weighted by Gasteiger charge is -1.61. The second-order valence-electron chi connectivity index (χ2n) is 0.644. The molecule has 0 unspecified atom stereocenters. The van der Waals surface area contributed by atoms with E-state index in [1.807, 2.05) is 0 Å². The van der Waals surface area contributed by atoms with Gasteiger partial charge in [-0.25, -0.2) is 35.4 Å². The van der Waals surface area contributed by atoms with Crippen LogP contribution in [0.25, 0.3) is 0 Å². The zero-order valence-electron chi connectivity index (χ0n) is 6.16. The van der Waals surface area contributed by atoms with Crippen LogP contribution in [-0.2, 0) is 14.4 Å². The maximum atomic E-state index is 8.78. The molecule has 0 aliphatic heterocycles. The van der Waals surface area contributed by atoms with Crippen molar-refractivity contribution in [2.75, 3.05) is 0 Å². The molecule has 0 fully saturated rings. The third kappa shape index (κ3) is 77.0. The molecule has 0 aromatic carbocycles. The summed E-state index contributed by atoms with van der Waals surface area (Å²) in [6.45, 7) is 0. The van der Waals surface area contributed by atoms with Crippen LogP contribution < -0.4 is 5.73 Å². The smallest absolute Gasteiger partial charge is 0.402 e. The van der Waals surface area contributed by atoms with Crippen molar-refractivity contribution in [3.05, 3.63) is 0 Å². The molecular weight excluding hydrogens is 184 g/mol. The summed E-state index contributed by atoms with van der Waals surface area (Å²) in [6.07, 6.45) is 0.917. The van der Waals surface area contributed by atoms with Gasteiger partial charge in [0, 0.05) is 0 Å². The van der Waals surface area contributed by atoms with Crippen LogP contribution in [0.2, 0.25) is 0 Å². The monoisotopic (exact) mass is 190 g/mol. The van der Waals surface area contributed by atoms with Crippen LogP contribution >= 0.6 is 0 Å². The van der Waals surface area contributed by atoms with Gasteiger partial charge in [-0.3, -0.25) is 0 Å². The molecule has 0 aliphatic carbocycles. The summed E-state index contributed by atoms with van der Waals surface area (Å²) in [5.74, 6) is 0. The molecule has 0 saturated heterocycles. The lowest BCUT2D eigenvalue weighted by atomic mass is 11.3. The molecule has 0 saturated carbocycles. The summed E-state index contributed by atoms with van der Waals surface area (Å²) in [4.78, 5) is 33.8. The Morgan fingerprint density at radius 3 is 1.00 bits per heavy atom. The highest BCUT2D eigenvalue weighted by molar-refractivity contribution is 5.61. The number of hydrogen-bond donors (Lipinski definition) is 5. The van der Waals surface area contributed by atoms with E-state index in [-0.39, 0.29) is 0 Å². The predicted octanol–water partition coefficient (Wildman–Crippen LogP) is -0.674. The number of rotatable bonds is 0. The summed E-state index contributed by atoms with van der Waals surface area (Å²) < 4.78 is 0. The molecule has 9 heteroatoms. The summed E-state index contributed by atoms with van der Waals surface area (Å²) in [5, 5.41) is 23.4. The minimum absolute atomic E-state index is 0.750. The predicted molar refractivity (Wildman–Crippen MR) is 37.5 cm³/mol. The van der Waals surface area contributed by atoms with Crippen molar-refractivity contribution in [1.29, 1.82) is 16.2 Å². The molecule has 0 rings (SSSR count). The van der Waals surface area contributed by atoms with E-state index in [1.54, 1.807) is 0 Å². The van der Waals surface area contributed by atoms with Crippen LogP contribution in [-0.4, -0.2) is 29.4 Å². The Hall–Kier alpha value is -2.59. The number of hydrogen-bond acceptors (Lipinski definition) is 7. The van der Waals surface area contributed by atoms with Gasteiger partial charge in [-0.15, -0.1) is 0 Å². The fraction of sp³-hybridized carbons (Fsp3) is 0. The zero-order chi connectivity index (χ0) is 11.7. The molecule has 6 N–H and O–H groups in total. The fourth-order valence-electron chi connectivity index (χ4n) is 0. The average molecular weight is 190 g/mol. The second kappa shape index (κ2) is 57.2. The highest BCUT2D eigenvalue weighted by Crippen LogP contribution is 1.34. The Bertz CT molecular complexity index is 174. The van der Waals surface area contributed by atoms with E-state index in [1.165, 1.54) is 0 Å². The van der Waals surface area contributed by atoms with Crippen molar-refractivity contribution < 1.29 is 24.3 Å². The van der Waals surface area contributed by atoms with Crippen molar-refractivity contribution in [3.8, 4) is 0 Å². The average Bonchev–Trinajstić information content (AvgIpc) is 1.88. The molecule has 0 aromatic rings. The molecule has 0 aromatic heterocycles. The fourth-order valence-corrected chi connectivity index (χ4v) is 0. The number of carboxylic acid groups (broad SMARTS) is 1. The minimum atomic E-state index is -1.33. The van der Waals surface area contributed by atoms with Crippen molar-refractivity contribution in [3.63, 3.8) is 0 Å². The highest BCUT2D eigenvalue weighted by atomic mass is 16.4. The van der Waals surface area contributed by atoms with Gasteiger partial charge < -0.3 is 10.8 Å². The molecule has 9 nitrogen and oxygen atoms in total. The number of amides is 1. The Kier molecular flexibility index (Phi) is 98.8. The second-order valence-corrected chi connectivity index (χ2v) is 0.644. The van der Waals surface area contributed by atoms with Gasteiger partial charge in [-0.2, -0.15) is 0 Å². The molecule has 0 aliphatic rings. The standard InChI is InChI=1S/CH3NO2.3CHNO/c2-1(3)4;3*2-1-3/h2H2,(H,3,4);3*2H. The van der Waals surface area contributed by atoms with Gasteiger partial charge in [-0.05, 0) is 0 Å². The molecule has 0 radical (unpaired) electrons. The SMILES string of the molecule is N=C=O.N=C=O.N=C=O.NC(=O)O. The molecule has 1 amide bonds. The van der Waals surface area contributed by atoms with Crippen molar-refractivity contribution >= 4 is 24.3 Å². The van der Waals surface area contributed by atoms with E-state index in [4.69, 9.17) is 40.5 Å². The third-order valence-corrected chi connectivity index (χ3v) is 0. The van der Waals surface area contributed by atoms with E-state index >= 15 is 0 Å². The van der Waals surface area contributed by atoms with E-state index in [0.29, 0.717) is 0 Å². The lowest BCUT2D eigenvalue weighted by Crippen LogP contribution is -2.03. The van der Waals surface area contributed by atoms with Gasteiger partial charge in [0.05, 0.1) is 0 Å². The first-order chi connectivity index (χ1) is 5.97. The van der Waals surface area contributed by atoms with Gasteiger partial charge in [0.1, 0.15) is 0 Å². The van der Waals surface area contributed by atoms with Crippen LogP contribution in [0.4, 0.5) is 4.79 Å². The lowest BCUT2D eigenvalue weighted by molar-refractivity contribution is 0.205. The summed E-state index contributed by atoms with van der Waals surface area (Å²) in [6, 6.07) is 0. The van der Waals surface area contributed by atoms with E-state index in [2.05, 4.69) is 5.73 Å². The summed E-state index contributed by atoms with van der Waals surface area (Å²) in [7, 11) is 0. The summed E-state index contributed by atoms with van der Waals surface area (Å²) in [5.41, 5.74) is 4.03. The van der Waals surface area contributed by atoms with Crippen molar-refractivity contribution in [2.24, 2.45) is 5.73 Å². The maximum Gasteiger partial charge on any atom is 0.402 e. The largest absolute Gasteiger partial charge is 0.465 e. The molecule has 0 bridgehead atoms. The number of carbonyl (C=O) groups is 1. The van der Waals surface area contributed by atoms with Crippen LogP contribution in [0.1, 0.15) is 0 Å². The Balaban J connectivity index is -0.0000000420. The van der Waals surface area contributed by atoms with Gasteiger partial charge >= 0.3 is 6.09 Å². The quantitative estimate of drug-likeness (QED) is 0.249. The first-order valence-electron chi connectivity index (χ1n) is 2.08. The number of nitrogens with two attached hydrogens (primary N) is 1. The highest BCUT2D eigenvalue weighted by Gasteiger charge is 1.65. The van der Waals surface area contributed by atoms with E-state index < -0.39 is 6.09 Å². The van der Waals surface area contributed by atoms with Crippen molar-refractivity contribution in [2.45, 2.75) is 0 Å². The minimum Gasteiger partial charge on any atom is -0.465 e. The van der Waals surface area contributed by atoms with E-state index in [0.717, 1.165) is 18.2 Å². The van der Waals surface area contributed by atoms with Gasteiger partial charge in [0.15, 0.2) is 0 Å². The Morgan fingerprint density at radius 1 is 1.00 bits per heavy atom. The van der Waals surface area contributed by atoms with Crippen LogP contribution in [0.3, 0.4) is 0 Å². The zero-order valence-corrected chi connectivity index (χ0v) is 6.16. The van der Waals surface area contributed by atoms with Crippen LogP contribution in [0.15, 0.2) is 0 Å². The molecule has 0 atom stereocenters. The first-order valence-corrected chi connectivity index (χ1v) is 2.08. The van der Waals surface area contributed by atoms with Crippen molar-refractivity contribution in [1.82, 2.24) is 0 Å². The number of carbonyl (C=O) groups excluding carboxylic acids is 3. The number of primary amides is 1. The van der Waals surface area contributed by atoms with E-state index in [9.17, 15) is 0 Å². The first kappa shape index (κ1) is 22.4. The molecule has 0 heterocycles. The van der Waals surface area contributed by atoms with Gasteiger partial charge in [-0.1, -0.05) is 0 Å². The van der Waals surface area contributed by atoms with Gasteiger partial charge in [0.25, 0.3) is 0 Å². The maximum absolute atomic E-state index is 8.78. The molecule has 13 heavy (non-hydrogen) atoms. The molecule has 0 spiro atoms. The van der Waals surface area contributed by atoms with Gasteiger partial charge in [0.2, 0.25) is 18.2 Å².